The fraction of sp³-hybridized carbons (Fsp3) is 0.448. The molecule has 0 fully saturated rings. The number of rotatable bonds is 9. The van der Waals surface area contributed by atoms with E-state index in [1.807, 2.05) is 24.3 Å². The number of aromatic nitrogens is 2. The van der Waals surface area contributed by atoms with E-state index in [0.29, 0.717) is 41.0 Å². The van der Waals surface area contributed by atoms with Crippen molar-refractivity contribution in [2.75, 3.05) is 0 Å². The number of carbonyl (C=O) groups is 2. The molecule has 0 aliphatic carbocycles. The Bertz CT molecular complexity index is 1440. The number of cyclic esters (lactones) is 1. The van der Waals surface area contributed by atoms with Gasteiger partial charge in [-0.2, -0.15) is 0 Å². The molecule has 194 valence electrons. The quantitative estimate of drug-likeness (QED) is 0.264. The number of hydrogen-bond donors (Lipinski definition) is 1. The number of pyridine rings is 2. The van der Waals surface area contributed by atoms with Crippen LogP contribution in [0, 0.1) is 0 Å². The van der Waals surface area contributed by atoms with Crippen LogP contribution in [0.25, 0.3) is 22.3 Å². The zero-order valence-electron chi connectivity index (χ0n) is 21.3. The van der Waals surface area contributed by atoms with Gasteiger partial charge in [-0.3, -0.25) is 9.59 Å². The van der Waals surface area contributed by atoms with Crippen LogP contribution in [-0.4, -0.2) is 26.6 Å². The lowest BCUT2D eigenvalue weighted by Crippen LogP contribution is -2.44. The number of hydrogen-bond acceptors (Lipinski definition) is 7. The maximum atomic E-state index is 13.3. The Morgan fingerprint density at radius 3 is 2.76 bits per heavy atom. The second-order valence-corrected chi connectivity index (χ2v) is 9.91. The Morgan fingerprint density at radius 1 is 1.16 bits per heavy atom. The maximum absolute atomic E-state index is 13.3. The van der Waals surface area contributed by atoms with Crippen LogP contribution in [-0.2, 0) is 44.4 Å². The maximum Gasteiger partial charge on any atom is 0.343 e. The third-order valence-corrected chi connectivity index (χ3v) is 7.50. The predicted octanol–water partition coefficient (Wildman–Crippen LogP) is 4.48. The van der Waals surface area contributed by atoms with Crippen LogP contribution in [0.5, 0.6) is 0 Å². The van der Waals surface area contributed by atoms with Gasteiger partial charge in [0.15, 0.2) is 5.60 Å². The van der Waals surface area contributed by atoms with Crippen LogP contribution in [0.2, 0.25) is 0 Å². The minimum Gasteiger partial charge on any atom is -0.461 e. The van der Waals surface area contributed by atoms with Gasteiger partial charge in [0, 0.05) is 28.5 Å². The Hall–Kier alpha value is -3.52. The molecular formula is C29H32N2O6. The summed E-state index contributed by atoms with van der Waals surface area (Å²) in [5, 5.41) is 11.9. The largest absolute Gasteiger partial charge is 0.461 e. The van der Waals surface area contributed by atoms with Crippen molar-refractivity contribution in [2.24, 2.45) is 0 Å². The molecule has 8 nitrogen and oxygen atoms in total. The van der Waals surface area contributed by atoms with Crippen LogP contribution >= 0.6 is 0 Å². The molecule has 0 spiro atoms. The zero-order chi connectivity index (χ0) is 26.2. The summed E-state index contributed by atoms with van der Waals surface area (Å²) < 4.78 is 12.3. The van der Waals surface area contributed by atoms with Crippen molar-refractivity contribution >= 4 is 22.8 Å². The molecule has 37 heavy (non-hydrogen) atoms. The number of esters is 2. The molecule has 1 aromatic carbocycles. The third-order valence-electron chi connectivity index (χ3n) is 7.50. The highest BCUT2D eigenvalue weighted by atomic mass is 16.6. The van der Waals surface area contributed by atoms with Crippen molar-refractivity contribution < 1.29 is 24.2 Å². The molecule has 0 saturated heterocycles. The molecule has 2 aromatic heterocycles. The van der Waals surface area contributed by atoms with Crippen LogP contribution in [0.15, 0.2) is 35.1 Å². The third kappa shape index (κ3) is 4.44. The van der Waals surface area contributed by atoms with E-state index in [1.165, 1.54) is 6.42 Å². The average Bonchev–Trinajstić information content (AvgIpc) is 3.26. The lowest BCUT2D eigenvalue weighted by Gasteiger charge is -2.31. The number of unbranched alkanes of at least 4 members (excludes halogenated alkanes) is 4. The summed E-state index contributed by atoms with van der Waals surface area (Å²) in [6.45, 7) is 4.15. The molecule has 1 N–H and O–H groups in total. The standard InChI is InChI=1S/C29H32N2O6/c1-3-5-6-7-8-12-24(32)36-16-19-11-9-10-18-13-20-15-31-23(26(20)30-25(18)19)14-22-21(27(31)33)17-37-28(34)29(22,35)4-2/h9-11,13-14,35H,3-8,12,15-17H2,1-2H3/t29-/m0/s1. The van der Waals surface area contributed by atoms with Gasteiger partial charge in [0.25, 0.3) is 5.56 Å². The van der Waals surface area contributed by atoms with Crippen molar-refractivity contribution in [2.45, 2.75) is 84.2 Å². The summed E-state index contributed by atoms with van der Waals surface area (Å²) in [5.41, 5.74) is 1.97. The summed E-state index contributed by atoms with van der Waals surface area (Å²) in [6, 6.07) is 9.43. The number of para-hydroxylation sites is 1. The van der Waals surface area contributed by atoms with Gasteiger partial charge in [0.2, 0.25) is 0 Å². The first kappa shape index (κ1) is 25.1. The molecular weight excluding hydrogens is 472 g/mol. The lowest BCUT2D eigenvalue weighted by atomic mass is 9.86. The van der Waals surface area contributed by atoms with Gasteiger partial charge in [-0.15, -0.1) is 0 Å². The molecule has 2 aliphatic rings. The van der Waals surface area contributed by atoms with E-state index in [2.05, 4.69) is 6.92 Å². The number of carbonyl (C=O) groups excluding carboxylic acids is 2. The molecule has 0 unspecified atom stereocenters. The predicted molar refractivity (Wildman–Crippen MR) is 138 cm³/mol. The van der Waals surface area contributed by atoms with Crippen molar-refractivity contribution in [1.29, 1.82) is 0 Å². The zero-order valence-corrected chi connectivity index (χ0v) is 21.3. The molecule has 0 radical (unpaired) electrons. The van der Waals surface area contributed by atoms with Gasteiger partial charge in [-0.05, 0) is 25.0 Å². The average molecular weight is 505 g/mol. The first-order valence-electron chi connectivity index (χ1n) is 13.1. The van der Waals surface area contributed by atoms with Gasteiger partial charge >= 0.3 is 11.9 Å². The van der Waals surface area contributed by atoms with E-state index in [-0.39, 0.29) is 31.2 Å². The first-order chi connectivity index (χ1) is 17.9. The van der Waals surface area contributed by atoms with Crippen molar-refractivity contribution in [3.05, 3.63) is 62.9 Å². The van der Waals surface area contributed by atoms with Gasteiger partial charge < -0.3 is 19.1 Å². The lowest BCUT2D eigenvalue weighted by molar-refractivity contribution is -0.172. The fourth-order valence-corrected chi connectivity index (χ4v) is 5.29. The molecule has 2 aliphatic heterocycles. The minimum absolute atomic E-state index is 0.0911. The van der Waals surface area contributed by atoms with Gasteiger partial charge in [-0.25, -0.2) is 9.78 Å². The topological polar surface area (TPSA) is 108 Å². The van der Waals surface area contributed by atoms with Crippen molar-refractivity contribution in [3.8, 4) is 11.4 Å². The van der Waals surface area contributed by atoms with E-state index in [1.54, 1.807) is 17.6 Å². The molecule has 1 atom stereocenters. The highest BCUT2D eigenvalue weighted by Gasteiger charge is 2.45. The van der Waals surface area contributed by atoms with Crippen LogP contribution in [0.3, 0.4) is 0 Å². The molecule has 5 rings (SSSR count). The summed E-state index contributed by atoms with van der Waals surface area (Å²) in [7, 11) is 0. The number of fused-ring (bicyclic) bond motifs is 5. The van der Waals surface area contributed by atoms with Crippen LogP contribution < -0.4 is 5.56 Å². The molecule has 0 bridgehead atoms. The number of nitrogens with zero attached hydrogens (tertiary/aromatic N) is 2. The summed E-state index contributed by atoms with van der Waals surface area (Å²) in [4.78, 5) is 42.9. The second-order valence-electron chi connectivity index (χ2n) is 9.91. The van der Waals surface area contributed by atoms with Crippen molar-refractivity contribution in [3.63, 3.8) is 0 Å². The van der Waals surface area contributed by atoms with Crippen LogP contribution in [0.4, 0.5) is 0 Å². The monoisotopic (exact) mass is 504 g/mol. The number of benzene rings is 1. The Labute approximate surface area is 215 Å². The smallest absolute Gasteiger partial charge is 0.343 e. The highest BCUT2D eigenvalue weighted by molar-refractivity contribution is 5.88. The minimum atomic E-state index is -1.86. The van der Waals surface area contributed by atoms with E-state index >= 15 is 0 Å². The molecule has 0 saturated carbocycles. The van der Waals surface area contributed by atoms with Gasteiger partial charge in [0.1, 0.15) is 13.2 Å². The van der Waals surface area contributed by atoms with E-state index < -0.39 is 11.6 Å². The SMILES string of the molecule is CCCCCCCC(=O)OCc1cccc2cc3c(nc12)-c1cc2c(c(=O)n1C3)COC(=O)[C@]2(O)CC. The number of aliphatic hydroxyl groups is 1. The molecule has 4 heterocycles. The highest BCUT2D eigenvalue weighted by Crippen LogP contribution is 2.38. The van der Waals surface area contributed by atoms with E-state index in [9.17, 15) is 19.5 Å². The van der Waals surface area contributed by atoms with Crippen LogP contribution in [0.1, 0.15) is 81.0 Å². The molecule has 0 amide bonds. The first-order valence-corrected chi connectivity index (χ1v) is 13.1. The Morgan fingerprint density at radius 2 is 1.97 bits per heavy atom. The summed E-state index contributed by atoms with van der Waals surface area (Å²) in [6.07, 6.45) is 5.82. The molecule has 8 heteroatoms. The summed E-state index contributed by atoms with van der Waals surface area (Å²) in [5.74, 6) is -0.963. The second kappa shape index (κ2) is 10.1. The fourth-order valence-electron chi connectivity index (χ4n) is 5.29. The van der Waals surface area contributed by atoms with E-state index in [0.717, 1.165) is 42.2 Å². The number of ether oxygens (including phenoxy) is 2. The van der Waals surface area contributed by atoms with Crippen molar-refractivity contribution in [1.82, 2.24) is 9.55 Å². The van der Waals surface area contributed by atoms with E-state index in [4.69, 9.17) is 14.5 Å². The normalized spacial score (nSPS) is 17.8. The van der Waals surface area contributed by atoms with Gasteiger partial charge in [0.05, 0.1) is 29.0 Å². The summed E-state index contributed by atoms with van der Waals surface area (Å²) >= 11 is 0. The Kier molecular flexibility index (Phi) is 6.86. The molecule has 3 aromatic rings. The Balaban J connectivity index is 1.45. The van der Waals surface area contributed by atoms with Gasteiger partial charge in [-0.1, -0.05) is 57.7 Å².